The second-order valence-electron chi connectivity index (χ2n) is 7.92. The Morgan fingerprint density at radius 3 is 2.00 bits per heavy atom. The molecule has 0 aliphatic heterocycles. The molecule has 0 aromatic carbocycles. The molecule has 0 saturated heterocycles. The van der Waals surface area contributed by atoms with Crippen molar-refractivity contribution in [1.29, 1.82) is 0 Å². The van der Waals surface area contributed by atoms with E-state index >= 15 is 0 Å². The molecule has 0 amide bonds. The molecular formula is C15H33NOSSi2. The van der Waals surface area contributed by atoms with E-state index in [0.717, 1.165) is 5.05 Å². The zero-order valence-corrected chi connectivity index (χ0v) is 17.3. The number of hydrogen-bond donors (Lipinski definition) is 0. The molecule has 20 heavy (non-hydrogen) atoms. The number of thiocarbonyl (C=S) groups is 1. The van der Waals surface area contributed by atoms with Crippen LogP contribution in [0.4, 0.5) is 0 Å². The summed E-state index contributed by atoms with van der Waals surface area (Å²) in [4.78, 5) is 0. The Hall–Kier alpha value is 0.284. The summed E-state index contributed by atoms with van der Waals surface area (Å²) >= 11 is 5.60. The topological polar surface area (TPSA) is 12.5 Å². The van der Waals surface area contributed by atoms with E-state index in [9.17, 15) is 0 Å². The van der Waals surface area contributed by atoms with Gasteiger partial charge in [0.05, 0.1) is 6.61 Å². The first-order chi connectivity index (χ1) is 9.09. The van der Waals surface area contributed by atoms with E-state index < -0.39 is 16.5 Å². The van der Waals surface area contributed by atoms with Crippen LogP contribution in [0.2, 0.25) is 39.3 Å². The molecule has 5 heteroatoms. The van der Waals surface area contributed by atoms with Gasteiger partial charge in [0.2, 0.25) is 0 Å². The molecule has 0 N–H and O–H groups in total. The van der Waals surface area contributed by atoms with Crippen LogP contribution in [0.25, 0.3) is 0 Å². The van der Waals surface area contributed by atoms with Crippen molar-refractivity contribution in [2.45, 2.75) is 77.9 Å². The molecule has 0 aromatic rings. The lowest BCUT2D eigenvalue weighted by Crippen LogP contribution is -2.66. The van der Waals surface area contributed by atoms with Gasteiger partial charge in [-0.2, -0.15) is 0 Å². The predicted molar refractivity (Wildman–Crippen MR) is 98.5 cm³/mol. The molecule has 0 aromatic heterocycles. The van der Waals surface area contributed by atoms with E-state index in [1.165, 1.54) is 25.7 Å². The SMILES string of the molecule is CCOC(=S)C1CCCCC1N([Si](C)(C)C)[Si](C)(C)C. The highest BCUT2D eigenvalue weighted by Gasteiger charge is 2.44. The zero-order valence-electron chi connectivity index (χ0n) is 14.5. The highest BCUT2D eigenvalue weighted by molar-refractivity contribution is 7.80. The first-order valence-electron chi connectivity index (χ1n) is 8.05. The van der Waals surface area contributed by atoms with Gasteiger partial charge in [-0.1, -0.05) is 52.1 Å². The molecule has 0 bridgehead atoms. The summed E-state index contributed by atoms with van der Waals surface area (Å²) in [5.74, 6) is 0.470. The zero-order chi connectivity index (χ0) is 15.6. The summed E-state index contributed by atoms with van der Waals surface area (Å²) in [6.45, 7) is 17.7. The van der Waals surface area contributed by atoms with E-state index in [0.29, 0.717) is 18.6 Å². The van der Waals surface area contributed by atoms with Gasteiger partial charge in [-0.25, -0.2) is 0 Å². The molecule has 2 atom stereocenters. The van der Waals surface area contributed by atoms with Crippen molar-refractivity contribution in [1.82, 2.24) is 4.23 Å². The fraction of sp³-hybridized carbons (Fsp3) is 0.933. The van der Waals surface area contributed by atoms with Crippen molar-refractivity contribution in [3.63, 3.8) is 0 Å². The Labute approximate surface area is 133 Å². The van der Waals surface area contributed by atoms with E-state index in [2.05, 4.69) is 43.5 Å². The lowest BCUT2D eigenvalue weighted by atomic mass is 9.85. The van der Waals surface area contributed by atoms with Crippen LogP contribution >= 0.6 is 12.2 Å². The molecule has 0 radical (unpaired) electrons. The van der Waals surface area contributed by atoms with Gasteiger partial charge in [0, 0.05) is 12.0 Å². The summed E-state index contributed by atoms with van der Waals surface area (Å²) < 4.78 is 8.66. The first kappa shape index (κ1) is 18.3. The Balaban J connectivity index is 3.05. The molecule has 0 spiro atoms. The highest BCUT2D eigenvalue weighted by Crippen LogP contribution is 2.36. The second-order valence-corrected chi connectivity index (χ2v) is 18.4. The molecule has 1 saturated carbocycles. The van der Waals surface area contributed by atoms with Crippen LogP contribution in [-0.2, 0) is 4.74 Å². The minimum Gasteiger partial charge on any atom is -0.487 e. The van der Waals surface area contributed by atoms with Crippen LogP contribution in [0.1, 0.15) is 32.6 Å². The minimum atomic E-state index is -1.34. The second kappa shape index (κ2) is 7.03. The monoisotopic (exact) mass is 331 g/mol. The normalized spacial score (nSPS) is 24.8. The number of nitrogens with zero attached hydrogens (tertiary/aromatic N) is 1. The Morgan fingerprint density at radius 1 is 1.05 bits per heavy atom. The summed E-state index contributed by atoms with van der Waals surface area (Å²) in [5.41, 5.74) is 0. The Bertz CT molecular complexity index is 322. The van der Waals surface area contributed by atoms with Gasteiger partial charge < -0.3 is 8.97 Å². The highest BCUT2D eigenvalue weighted by atomic mass is 32.1. The van der Waals surface area contributed by atoms with Gasteiger partial charge in [-0.3, -0.25) is 0 Å². The number of ether oxygens (including phenoxy) is 1. The Kier molecular flexibility index (Phi) is 6.44. The number of hydrogen-bond acceptors (Lipinski definition) is 3. The van der Waals surface area contributed by atoms with Gasteiger partial charge in [0.25, 0.3) is 0 Å². The first-order valence-corrected chi connectivity index (χ1v) is 15.4. The van der Waals surface area contributed by atoms with Crippen LogP contribution in [-0.4, -0.2) is 38.4 Å². The molecule has 1 fully saturated rings. The third kappa shape index (κ3) is 4.65. The third-order valence-electron chi connectivity index (χ3n) is 4.10. The summed E-state index contributed by atoms with van der Waals surface area (Å²) in [6.07, 6.45) is 5.17. The fourth-order valence-electron chi connectivity index (χ4n) is 3.95. The third-order valence-corrected chi connectivity index (χ3v) is 12.1. The summed E-state index contributed by atoms with van der Waals surface area (Å²) in [7, 11) is -2.68. The maximum atomic E-state index is 5.72. The Morgan fingerprint density at radius 2 is 1.55 bits per heavy atom. The number of rotatable bonds is 5. The van der Waals surface area contributed by atoms with Crippen LogP contribution < -0.4 is 0 Å². The van der Waals surface area contributed by atoms with Crippen molar-refractivity contribution >= 4 is 33.7 Å². The molecule has 2 nitrogen and oxygen atoms in total. The predicted octanol–water partition coefficient (Wildman–Crippen LogP) is 4.88. The van der Waals surface area contributed by atoms with Crippen LogP contribution in [0.3, 0.4) is 0 Å². The molecule has 2 unspecified atom stereocenters. The minimum absolute atomic E-state index is 0.470. The van der Waals surface area contributed by atoms with Gasteiger partial charge in [-0.05, 0) is 32.0 Å². The average Bonchev–Trinajstić information content (AvgIpc) is 2.26. The van der Waals surface area contributed by atoms with Gasteiger partial charge in [0.1, 0.15) is 16.5 Å². The largest absolute Gasteiger partial charge is 0.487 e. The summed E-state index contributed by atoms with van der Waals surface area (Å²) in [6, 6.07) is 0.626. The van der Waals surface area contributed by atoms with Crippen molar-refractivity contribution in [3.05, 3.63) is 0 Å². The smallest absolute Gasteiger partial charge is 0.164 e. The van der Waals surface area contributed by atoms with Crippen molar-refractivity contribution in [3.8, 4) is 0 Å². The van der Waals surface area contributed by atoms with E-state index in [1.807, 2.05) is 6.92 Å². The summed E-state index contributed by atoms with van der Waals surface area (Å²) in [5, 5.41) is 0.874. The van der Waals surface area contributed by atoms with Gasteiger partial charge >= 0.3 is 0 Å². The average molecular weight is 332 g/mol. The van der Waals surface area contributed by atoms with Crippen LogP contribution in [0, 0.1) is 5.92 Å². The molecular weight excluding hydrogens is 298 g/mol. The molecule has 1 rings (SSSR count). The van der Waals surface area contributed by atoms with Crippen LogP contribution in [0.15, 0.2) is 0 Å². The molecule has 1 aliphatic carbocycles. The standard InChI is InChI=1S/C15H33NOSSi2/c1-8-17-15(18)13-11-9-10-12-14(13)16(19(2,3)4)20(5,6)7/h13-14H,8-12H2,1-7H3. The van der Waals surface area contributed by atoms with Crippen LogP contribution in [0.5, 0.6) is 0 Å². The quantitative estimate of drug-likeness (QED) is 0.526. The van der Waals surface area contributed by atoms with Crippen molar-refractivity contribution < 1.29 is 4.74 Å². The molecule has 118 valence electrons. The lowest BCUT2D eigenvalue weighted by Gasteiger charge is -2.52. The molecule has 1 aliphatic rings. The molecule has 0 heterocycles. The van der Waals surface area contributed by atoms with E-state index in [-0.39, 0.29) is 0 Å². The van der Waals surface area contributed by atoms with Crippen molar-refractivity contribution in [2.75, 3.05) is 6.61 Å². The fourth-order valence-corrected chi connectivity index (χ4v) is 15.0. The van der Waals surface area contributed by atoms with E-state index in [4.69, 9.17) is 17.0 Å². The van der Waals surface area contributed by atoms with Gasteiger partial charge in [0.15, 0.2) is 5.05 Å². The van der Waals surface area contributed by atoms with Crippen molar-refractivity contribution in [2.24, 2.45) is 5.92 Å². The maximum Gasteiger partial charge on any atom is 0.164 e. The van der Waals surface area contributed by atoms with E-state index in [1.54, 1.807) is 0 Å². The maximum absolute atomic E-state index is 5.72. The lowest BCUT2D eigenvalue weighted by molar-refractivity contribution is 0.230. The van der Waals surface area contributed by atoms with Gasteiger partial charge in [-0.15, -0.1) is 0 Å².